The highest BCUT2D eigenvalue weighted by molar-refractivity contribution is 6.06. The molecule has 2 aliphatic heterocycles. The molecule has 0 radical (unpaired) electrons. The fraction of sp³-hybridized carbons (Fsp3) is 0.471. The van der Waals surface area contributed by atoms with Crippen LogP contribution in [0, 0.1) is 6.92 Å². The van der Waals surface area contributed by atoms with E-state index >= 15 is 0 Å². The lowest BCUT2D eigenvalue weighted by atomic mass is 10.0. The number of aromatic nitrogens is 1. The molecule has 3 heterocycles. The largest absolute Gasteiger partial charge is 0.448 e. The number of benzene rings is 2. The van der Waals surface area contributed by atoms with Gasteiger partial charge in [0.05, 0.1) is 11.4 Å². The molecule has 2 N–H and O–H groups in total. The molecule has 0 atom stereocenters. The van der Waals surface area contributed by atoms with Crippen LogP contribution >= 0.6 is 0 Å². The second-order valence-electron chi connectivity index (χ2n) is 12.0. The Morgan fingerprint density at radius 2 is 1.75 bits per heavy atom. The van der Waals surface area contributed by atoms with E-state index in [-0.39, 0.29) is 23.4 Å². The van der Waals surface area contributed by atoms with Crippen LogP contribution in [0.15, 0.2) is 47.1 Å². The molecule has 0 bridgehead atoms. The minimum absolute atomic E-state index is 0.182. The van der Waals surface area contributed by atoms with Crippen LogP contribution in [0.3, 0.4) is 0 Å². The first-order chi connectivity index (χ1) is 21.4. The van der Waals surface area contributed by atoms with Gasteiger partial charge in [0.25, 0.3) is 11.8 Å². The first-order valence-corrected chi connectivity index (χ1v) is 16.0. The van der Waals surface area contributed by atoms with Gasteiger partial charge in [-0.3, -0.25) is 14.4 Å². The third-order valence-electron chi connectivity index (χ3n) is 8.91. The highest BCUT2D eigenvalue weighted by atomic mass is 16.3. The molecule has 232 valence electrons. The quantitative estimate of drug-likeness (QED) is 0.307. The summed E-state index contributed by atoms with van der Waals surface area (Å²) in [6, 6.07) is 12.3. The van der Waals surface area contributed by atoms with Crippen LogP contribution in [0.1, 0.15) is 82.8 Å². The number of carbonyl (C=O) groups is 3. The van der Waals surface area contributed by atoms with Gasteiger partial charge in [0.15, 0.2) is 11.6 Å². The Morgan fingerprint density at radius 3 is 2.43 bits per heavy atom. The van der Waals surface area contributed by atoms with E-state index in [1.807, 2.05) is 11.8 Å². The monoisotopic (exact) mass is 598 g/mol. The fourth-order valence-electron chi connectivity index (χ4n) is 6.21. The molecule has 1 aliphatic carbocycles. The number of rotatable bonds is 11. The van der Waals surface area contributed by atoms with E-state index in [0.717, 1.165) is 63.2 Å². The molecular formula is C34H42N6O4. The molecule has 10 heteroatoms. The molecule has 1 aromatic heterocycles. The van der Waals surface area contributed by atoms with Crippen molar-refractivity contribution in [1.82, 2.24) is 15.2 Å². The standard InChI is InChI=1S/C34H42N6O4/c1-3-24-20-30(39-18-16-38(17-19-39)29-9-5-4-8-23(29)2)27(36-33(43)28-22-44-34(37-28)25-11-12-25)21-26(24)32(42)35-13-7-15-40-14-6-10-31(40)41/h4-5,8-9,20-22,25H,3,6-7,10-19H2,1-2H3,(H,35,42)(H,36,43). The number of aryl methyl sites for hydroxylation is 2. The number of nitrogens with one attached hydrogen (secondary N) is 2. The second-order valence-corrected chi connectivity index (χ2v) is 12.0. The Kier molecular flexibility index (Phi) is 8.86. The molecule has 1 saturated carbocycles. The van der Waals surface area contributed by atoms with Crippen molar-refractivity contribution in [3.63, 3.8) is 0 Å². The Hall–Kier alpha value is -4.34. The number of oxazole rings is 1. The van der Waals surface area contributed by atoms with Crippen LogP contribution < -0.4 is 20.4 Å². The van der Waals surface area contributed by atoms with Crippen molar-refractivity contribution in [2.45, 2.75) is 58.3 Å². The molecule has 0 unspecified atom stereocenters. The second kappa shape index (κ2) is 13.1. The van der Waals surface area contributed by atoms with Crippen molar-refractivity contribution in [3.05, 3.63) is 70.9 Å². The average Bonchev–Trinajstić information content (AvgIpc) is 3.62. The van der Waals surface area contributed by atoms with E-state index in [9.17, 15) is 14.4 Å². The topological polar surface area (TPSA) is 111 Å². The third kappa shape index (κ3) is 6.59. The van der Waals surface area contributed by atoms with Crippen LogP contribution in [0.5, 0.6) is 0 Å². The highest BCUT2D eigenvalue weighted by Gasteiger charge is 2.30. The average molecular weight is 599 g/mol. The van der Waals surface area contributed by atoms with Gasteiger partial charge in [-0.25, -0.2) is 4.98 Å². The summed E-state index contributed by atoms with van der Waals surface area (Å²) < 4.78 is 5.58. The van der Waals surface area contributed by atoms with E-state index in [1.54, 1.807) is 6.07 Å². The lowest BCUT2D eigenvalue weighted by molar-refractivity contribution is -0.127. The number of hydrogen-bond donors (Lipinski definition) is 2. The van der Waals surface area contributed by atoms with Gasteiger partial charge in [-0.1, -0.05) is 25.1 Å². The maximum atomic E-state index is 13.4. The molecule has 3 aromatic rings. The molecule has 3 amide bonds. The molecule has 6 rings (SSSR count). The van der Waals surface area contributed by atoms with Gasteiger partial charge in [-0.2, -0.15) is 0 Å². The van der Waals surface area contributed by atoms with Gasteiger partial charge in [-0.15, -0.1) is 0 Å². The minimum atomic E-state index is -0.355. The number of piperazine rings is 1. The van der Waals surface area contributed by atoms with Crippen molar-refractivity contribution in [3.8, 4) is 0 Å². The number of hydrogen-bond acceptors (Lipinski definition) is 7. The Bertz CT molecular complexity index is 1520. The van der Waals surface area contributed by atoms with Crippen molar-refractivity contribution in [2.24, 2.45) is 0 Å². The van der Waals surface area contributed by atoms with E-state index < -0.39 is 0 Å². The number of likely N-dealkylation sites (tertiary alicyclic amines) is 1. The fourth-order valence-corrected chi connectivity index (χ4v) is 6.21. The summed E-state index contributed by atoms with van der Waals surface area (Å²) in [5, 5.41) is 6.10. The summed E-state index contributed by atoms with van der Waals surface area (Å²) in [4.78, 5) is 49.7. The lowest BCUT2D eigenvalue weighted by Gasteiger charge is -2.39. The number of para-hydroxylation sites is 1. The zero-order valence-electron chi connectivity index (χ0n) is 25.7. The summed E-state index contributed by atoms with van der Waals surface area (Å²) in [6.07, 6.45) is 6.37. The van der Waals surface area contributed by atoms with Gasteiger partial charge in [-0.05, 0) is 68.4 Å². The summed E-state index contributed by atoms with van der Waals surface area (Å²) >= 11 is 0. The van der Waals surface area contributed by atoms with E-state index in [1.165, 1.54) is 17.5 Å². The molecule has 44 heavy (non-hydrogen) atoms. The molecule has 2 saturated heterocycles. The predicted molar refractivity (Wildman–Crippen MR) is 171 cm³/mol. The summed E-state index contributed by atoms with van der Waals surface area (Å²) in [5.74, 6) is 0.570. The SMILES string of the molecule is CCc1cc(N2CCN(c3ccccc3C)CC2)c(NC(=O)c2coc(C3CC3)n2)cc1C(=O)NCCCN1CCCC1=O. The predicted octanol–water partition coefficient (Wildman–Crippen LogP) is 4.74. The van der Waals surface area contributed by atoms with Crippen molar-refractivity contribution in [1.29, 1.82) is 0 Å². The van der Waals surface area contributed by atoms with E-state index in [4.69, 9.17) is 4.42 Å². The Labute approximate surface area is 258 Å². The Morgan fingerprint density at radius 1 is 1.00 bits per heavy atom. The zero-order valence-corrected chi connectivity index (χ0v) is 25.7. The van der Waals surface area contributed by atoms with Crippen molar-refractivity contribution in [2.75, 3.05) is 60.9 Å². The van der Waals surface area contributed by atoms with Crippen LogP contribution in [0.25, 0.3) is 0 Å². The van der Waals surface area contributed by atoms with Crippen LogP contribution in [-0.2, 0) is 11.2 Å². The van der Waals surface area contributed by atoms with Gasteiger partial charge < -0.3 is 29.8 Å². The number of amides is 3. The van der Waals surface area contributed by atoms with Gasteiger partial charge >= 0.3 is 0 Å². The highest BCUT2D eigenvalue weighted by Crippen LogP contribution is 2.39. The molecule has 3 aliphatic rings. The van der Waals surface area contributed by atoms with E-state index in [0.29, 0.717) is 55.4 Å². The maximum absolute atomic E-state index is 13.4. The van der Waals surface area contributed by atoms with Crippen molar-refractivity contribution >= 4 is 34.8 Å². The van der Waals surface area contributed by atoms with E-state index in [2.05, 4.69) is 62.7 Å². The zero-order chi connectivity index (χ0) is 30.6. The van der Waals surface area contributed by atoms with Gasteiger partial charge in [0.2, 0.25) is 5.91 Å². The first kappa shape index (κ1) is 29.7. The molecule has 3 fully saturated rings. The Balaban J connectivity index is 1.21. The summed E-state index contributed by atoms with van der Waals surface area (Å²) in [6.45, 7) is 9.33. The smallest absolute Gasteiger partial charge is 0.277 e. The summed E-state index contributed by atoms with van der Waals surface area (Å²) in [7, 11) is 0. The molecule has 10 nitrogen and oxygen atoms in total. The molecule has 0 spiro atoms. The van der Waals surface area contributed by atoms with Crippen LogP contribution in [0.2, 0.25) is 0 Å². The van der Waals surface area contributed by atoms with Gasteiger partial charge in [0, 0.05) is 69.4 Å². The number of carbonyl (C=O) groups excluding carboxylic acids is 3. The number of anilines is 3. The lowest BCUT2D eigenvalue weighted by Crippen LogP contribution is -2.47. The first-order valence-electron chi connectivity index (χ1n) is 16.0. The summed E-state index contributed by atoms with van der Waals surface area (Å²) in [5.41, 5.74) is 5.68. The maximum Gasteiger partial charge on any atom is 0.277 e. The van der Waals surface area contributed by atoms with Crippen molar-refractivity contribution < 1.29 is 18.8 Å². The molecule has 2 aromatic carbocycles. The van der Waals surface area contributed by atoms with Gasteiger partial charge in [0.1, 0.15) is 6.26 Å². The minimum Gasteiger partial charge on any atom is -0.448 e. The number of nitrogens with zero attached hydrogens (tertiary/aromatic N) is 4. The molecular weight excluding hydrogens is 556 g/mol. The van der Waals surface area contributed by atoms with Crippen LogP contribution in [-0.4, -0.2) is 73.4 Å². The normalized spacial score (nSPS) is 16.9. The third-order valence-corrected chi connectivity index (χ3v) is 8.91. The van der Waals surface area contributed by atoms with Crippen LogP contribution in [0.4, 0.5) is 17.1 Å².